The Hall–Kier alpha value is -2.86. The normalized spacial score (nSPS) is 17.9. The molecule has 1 aliphatic heterocycles. The largest absolute Gasteiger partial charge is 0.391 e. The molecule has 0 spiro atoms. The number of nitrogens with one attached hydrogen (secondary N) is 2. The summed E-state index contributed by atoms with van der Waals surface area (Å²) in [5, 5.41) is 16.1. The van der Waals surface area contributed by atoms with Crippen molar-refractivity contribution in [1.82, 2.24) is 20.5 Å². The molecule has 2 aromatic rings. The highest BCUT2D eigenvalue weighted by atomic mass is 32.1. The van der Waals surface area contributed by atoms with Crippen LogP contribution in [0, 0.1) is 12.3 Å². The molecule has 1 saturated heterocycles. The highest BCUT2D eigenvalue weighted by molar-refractivity contribution is 7.13. The van der Waals surface area contributed by atoms with Gasteiger partial charge in [0.05, 0.1) is 22.2 Å². The molecule has 0 aliphatic carbocycles. The van der Waals surface area contributed by atoms with Gasteiger partial charge in [-0.15, -0.1) is 11.3 Å². The molecule has 3 atom stereocenters. The highest BCUT2D eigenvalue weighted by Crippen LogP contribution is 2.28. The van der Waals surface area contributed by atoms with E-state index in [1.54, 1.807) is 11.3 Å². The maximum Gasteiger partial charge on any atom is 0.246 e. The van der Waals surface area contributed by atoms with Crippen LogP contribution >= 0.6 is 11.3 Å². The van der Waals surface area contributed by atoms with Crippen LogP contribution < -0.4 is 10.6 Å². The van der Waals surface area contributed by atoms with Crippen LogP contribution in [0.5, 0.6) is 0 Å². The second-order valence-corrected chi connectivity index (χ2v) is 12.3. The number of likely N-dealkylation sites (tertiary alicyclic amines) is 1. The van der Waals surface area contributed by atoms with Crippen LogP contribution in [0.3, 0.4) is 0 Å². The van der Waals surface area contributed by atoms with Gasteiger partial charge in [0.15, 0.2) is 0 Å². The summed E-state index contributed by atoms with van der Waals surface area (Å²) in [6, 6.07) is 6.17. The number of aliphatic hydroxyl groups excluding tert-OH is 1. The second kappa shape index (κ2) is 15.4. The van der Waals surface area contributed by atoms with Gasteiger partial charge < -0.3 is 30.1 Å². The van der Waals surface area contributed by atoms with Gasteiger partial charge in [0.25, 0.3) is 0 Å². The molecule has 1 aromatic heterocycles. The predicted molar refractivity (Wildman–Crippen MR) is 158 cm³/mol. The molecule has 1 aromatic carbocycles. The molecule has 3 amide bonds. The molecule has 3 rings (SSSR count). The summed E-state index contributed by atoms with van der Waals surface area (Å²) in [7, 11) is 0. The number of hydrogen-bond donors (Lipinski definition) is 3. The number of thiazole rings is 1. The van der Waals surface area contributed by atoms with Gasteiger partial charge in [0, 0.05) is 39.3 Å². The van der Waals surface area contributed by atoms with E-state index in [1.165, 1.54) is 4.90 Å². The number of amides is 3. The number of rotatable bonds is 14. The fraction of sp³-hybridized carbons (Fsp3) is 0.600. The first-order chi connectivity index (χ1) is 19.5. The SMILES string of the molecule is CCCOCCCOCC(=O)N[C@H](C(=O)N1C[C@H](O)C[C@H]1C(=O)NCc1ccc(-c2scnc2C)cc1)C(C)(C)C. The molecular weight excluding hydrogens is 544 g/mol. The molecule has 0 unspecified atom stereocenters. The lowest BCUT2D eigenvalue weighted by atomic mass is 9.85. The Balaban J connectivity index is 1.57. The van der Waals surface area contributed by atoms with Crippen LogP contribution in [-0.4, -0.2) is 83.9 Å². The van der Waals surface area contributed by atoms with E-state index in [9.17, 15) is 19.5 Å². The van der Waals surface area contributed by atoms with Crippen molar-refractivity contribution in [3.63, 3.8) is 0 Å². The highest BCUT2D eigenvalue weighted by Gasteiger charge is 2.44. The summed E-state index contributed by atoms with van der Waals surface area (Å²) in [5.74, 6) is -1.16. The lowest BCUT2D eigenvalue weighted by Crippen LogP contribution is -2.58. The van der Waals surface area contributed by atoms with Crippen molar-refractivity contribution >= 4 is 29.1 Å². The minimum Gasteiger partial charge on any atom is -0.391 e. The average Bonchev–Trinajstić information content (AvgIpc) is 3.54. The van der Waals surface area contributed by atoms with Gasteiger partial charge in [-0.1, -0.05) is 52.0 Å². The maximum atomic E-state index is 13.7. The number of hydrogen-bond acceptors (Lipinski definition) is 8. The standard InChI is InChI=1S/C30H44N4O6S/c1-6-12-39-13-7-14-40-18-25(36)33-27(30(3,4)5)29(38)34-17-23(35)15-24(34)28(37)31-16-21-8-10-22(11-9-21)26-20(2)32-19-41-26/h8-11,19,23-24,27,35H,6-7,12-18H2,1-5H3,(H,31,37)(H,33,36)/t23-,24+,27-/m1/s1. The van der Waals surface area contributed by atoms with Gasteiger partial charge in [0.2, 0.25) is 17.7 Å². The maximum absolute atomic E-state index is 13.7. The molecule has 1 fully saturated rings. The predicted octanol–water partition coefficient (Wildman–Crippen LogP) is 3.06. The van der Waals surface area contributed by atoms with Crippen LogP contribution in [-0.2, 0) is 30.4 Å². The van der Waals surface area contributed by atoms with Crippen molar-refractivity contribution in [2.75, 3.05) is 33.0 Å². The van der Waals surface area contributed by atoms with E-state index >= 15 is 0 Å². The summed E-state index contributed by atoms with van der Waals surface area (Å²) in [4.78, 5) is 46.3. The molecule has 226 valence electrons. The number of benzene rings is 1. The van der Waals surface area contributed by atoms with Crippen molar-refractivity contribution in [1.29, 1.82) is 0 Å². The molecule has 41 heavy (non-hydrogen) atoms. The molecule has 1 aliphatic rings. The van der Waals surface area contributed by atoms with E-state index in [-0.39, 0.29) is 32.0 Å². The Labute approximate surface area is 246 Å². The number of ether oxygens (including phenoxy) is 2. The van der Waals surface area contributed by atoms with Gasteiger partial charge in [-0.05, 0) is 36.3 Å². The lowest BCUT2D eigenvalue weighted by molar-refractivity contribution is -0.144. The number of aromatic nitrogens is 1. The summed E-state index contributed by atoms with van der Waals surface area (Å²) in [6.45, 7) is 11.3. The van der Waals surface area contributed by atoms with E-state index in [0.717, 1.165) is 28.1 Å². The molecule has 11 heteroatoms. The van der Waals surface area contributed by atoms with E-state index in [1.807, 2.05) is 64.4 Å². The van der Waals surface area contributed by atoms with Crippen LogP contribution in [0.2, 0.25) is 0 Å². The third-order valence-corrected chi connectivity index (χ3v) is 7.85. The van der Waals surface area contributed by atoms with E-state index < -0.39 is 35.4 Å². The van der Waals surface area contributed by atoms with Crippen LogP contribution in [0.15, 0.2) is 29.8 Å². The molecule has 2 heterocycles. The van der Waals surface area contributed by atoms with Crippen molar-refractivity contribution in [3.8, 4) is 10.4 Å². The van der Waals surface area contributed by atoms with E-state index in [2.05, 4.69) is 15.6 Å². The Morgan fingerprint density at radius 2 is 1.85 bits per heavy atom. The molecule has 0 bridgehead atoms. The first-order valence-corrected chi connectivity index (χ1v) is 15.1. The van der Waals surface area contributed by atoms with Crippen molar-refractivity contribution in [2.45, 2.75) is 78.6 Å². The number of nitrogens with zero attached hydrogens (tertiary/aromatic N) is 2. The quantitative estimate of drug-likeness (QED) is 0.289. The van der Waals surface area contributed by atoms with Gasteiger partial charge in [-0.3, -0.25) is 14.4 Å². The smallest absolute Gasteiger partial charge is 0.246 e. The minimum absolute atomic E-state index is 0.0243. The monoisotopic (exact) mass is 588 g/mol. The van der Waals surface area contributed by atoms with Gasteiger partial charge in [-0.2, -0.15) is 0 Å². The summed E-state index contributed by atoms with van der Waals surface area (Å²) in [6.07, 6.45) is 0.929. The van der Waals surface area contributed by atoms with Gasteiger partial charge >= 0.3 is 0 Å². The first-order valence-electron chi connectivity index (χ1n) is 14.2. The third-order valence-electron chi connectivity index (χ3n) is 6.87. The lowest BCUT2D eigenvalue weighted by Gasteiger charge is -2.35. The summed E-state index contributed by atoms with van der Waals surface area (Å²) in [5.41, 5.74) is 4.14. The second-order valence-electron chi connectivity index (χ2n) is 11.5. The molecule has 0 saturated carbocycles. The Morgan fingerprint density at radius 3 is 2.49 bits per heavy atom. The summed E-state index contributed by atoms with van der Waals surface area (Å²) >= 11 is 1.58. The van der Waals surface area contributed by atoms with Gasteiger partial charge in [-0.25, -0.2) is 4.98 Å². The fourth-order valence-electron chi connectivity index (χ4n) is 4.66. The molecular formula is C30H44N4O6S. The van der Waals surface area contributed by atoms with Crippen molar-refractivity contribution < 1.29 is 29.0 Å². The Morgan fingerprint density at radius 1 is 1.15 bits per heavy atom. The molecule has 10 nitrogen and oxygen atoms in total. The zero-order valence-electron chi connectivity index (χ0n) is 24.8. The molecule has 3 N–H and O–H groups in total. The number of carbonyl (C=O) groups is 3. The fourth-order valence-corrected chi connectivity index (χ4v) is 5.47. The topological polar surface area (TPSA) is 130 Å². The van der Waals surface area contributed by atoms with Crippen LogP contribution in [0.25, 0.3) is 10.4 Å². The Kier molecular flexibility index (Phi) is 12.3. The zero-order valence-corrected chi connectivity index (χ0v) is 25.6. The third kappa shape index (κ3) is 9.59. The van der Waals surface area contributed by atoms with Crippen LogP contribution in [0.4, 0.5) is 0 Å². The molecule has 0 radical (unpaired) electrons. The number of aryl methyl sites for hydroxylation is 1. The first kappa shape index (κ1) is 32.7. The van der Waals surface area contributed by atoms with Crippen molar-refractivity contribution in [2.24, 2.45) is 5.41 Å². The minimum atomic E-state index is -0.894. The number of aliphatic hydroxyl groups is 1. The Bertz CT molecular complexity index is 1150. The summed E-state index contributed by atoms with van der Waals surface area (Å²) < 4.78 is 10.9. The average molecular weight is 589 g/mol. The van der Waals surface area contributed by atoms with Crippen molar-refractivity contribution in [3.05, 3.63) is 41.0 Å². The number of carbonyl (C=O) groups excluding carboxylic acids is 3. The number of β-amino-alcohol motifs (C(OH)–C–C–N with tert-alkyl or cyclic N) is 1. The van der Waals surface area contributed by atoms with E-state index in [0.29, 0.717) is 26.2 Å². The zero-order chi connectivity index (χ0) is 30.0. The van der Waals surface area contributed by atoms with Gasteiger partial charge in [0.1, 0.15) is 18.7 Å². The van der Waals surface area contributed by atoms with E-state index in [4.69, 9.17) is 9.47 Å². The van der Waals surface area contributed by atoms with Crippen LogP contribution in [0.1, 0.15) is 58.2 Å².